The zero-order chi connectivity index (χ0) is 28.2. The van der Waals surface area contributed by atoms with Crippen LogP contribution in [0.2, 0.25) is 0 Å². The molecule has 1 aliphatic rings. The molecular formula is C30H32N4O4S2. The molecule has 0 spiro atoms. The van der Waals surface area contributed by atoms with Crippen molar-refractivity contribution in [2.75, 3.05) is 18.2 Å². The SMILES string of the molecule is COC(=O)c1c(-c2cc(C)ccc2C)csc1NC(=O)CSc1nnc(-c2ccc(OC3CCCC3)cc2)n1C. The monoisotopic (exact) mass is 576 g/mol. The molecule has 2 heterocycles. The number of thioether (sulfide) groups is 1. The van der Waals surface area contributed by atoms with Crippen LogP contribution in [0.3, 0.4) is 0 Å². The van der Waals surface area contributed by atoms with E-state index in [9.17, 15) is 9.59 Å². The molecule has 0 unspecified atom stereocenters. The van der Waals surface area contributed by atoms with Crippen molar-refractivity contribution in [3.8, 4) is 28.3 Å². The van der Waals surface area contributed by atoms with Gasteiger partial charge in [0, 0.05) is 23.6 Å². The summed E-state index contributed by atoms with van der Waals surface area (Å²) in [6.07, 6.45) is 5.00. The summed E-state index contributed by atoms with van der Waals surface area (Å²) in [5, 5.41) is 14.5. The van der Waals surface area contributed by atoms with Gasteiger partial charge in [-0.3, -0.25) is 4.79 Å². The van der Waals surface area contributed by atoms with E-state index in [2.05, 4.69) is 15.5 Å². The number of amides is 1. The zero-order valence-corrected chi connectivity index (χ0v) is 24.7. The summed E-state index contributed by atoms with van der Waals surface area (Å²) >= 11 is 2.59. The summed E-state index contributed by atoms with van der Waals surface area (Å²) in [6.45, 7) is 4.00. The Kier molecular flexibility index (Phi) is 8.56. The van der Waals surface area contributed by atoms with Crippen molar-refractivity contribution in [1.82, 2.24) is 14.8 Å². The molecule has 1 amide bonds. The molecule has 1 aliphatic carbocycles. The van der Waals surface area contributed by atoms with E-state index in [-0.39, 0.29) is 11.7 Å². The Labute approximate surface area is 242 Å². The van der Waals surface area contributed by atoms with Crippen molar-refractivity contribution in [2.24, 2.45) is 7.05 Å². The lowest BCUT2D eigenvalue weighted by Gasteiger charge is -2.13. The largest absolute Gasteiger partial charge is 0.490 e. The lowest BCUT2D eigenvalue weighted by molar-refractivity contribution is -0.113. The van der Waals surface area contributed by atoms with Crippen LogP contribution in [0.1, 0.15) is 47.2 Å². The lowest BCUT2D eigenvalue weighted by atomic mass is 9.97. The van der Waals surface area contributed by atoms with Gasteiger partial charge in [0.25, 0.3) is 0 Å². The average Bonchev–Trinajstić information content (AvgIpc) is 3.70. The van der Waals surface area contributed by atoms with E-state index in [1.165, 1.54) is 43.1 Å². The summed E-state index contributed by atoms with van der Waals surface area (Å²) in [4.78, 5) is 25.7. The molecule has 0 aliphatic heterocycles. The molecule has 0 atom stereocenters. The van der Waals surface area contributed by atoms with E-state index >= 15 is 0 Å². The number of esters is 1. The van der Waals surface area contributed by atoms with Gasteiger partial charge < -0.3 is 19.4 Å². The smallest absolute Gasteiger partial charge is 0.341 e. The number of hydrogen-bond donors (Lipinski definition) is 1. The average molecular weight is 577 g/mol. The van der Waals surface area contributed by atoms with Gasteiger partial charge in [-0.05, 0) is 74.9 Å². The Morgan fingerprint density at radius 2 is 1.82 bits per heavy atom. The maximum atomic E-state index is 12.9. The first-order chi connectivity index (χ1) is 19.3. The number of thiophene rings is 1. The van der Waals surface area contributed by atoms with Gasteiger partial charge >= 0.3 is 5.97 Å². The number of carbonyl (C=O) groups is 2. The Hall–Kier alpha value is -3.63. The third kappa shape index (κ3) is 6.08. The summed E-state index contributed by atoms with van der Waals surface area (Å²) in [7, 11) is 3.22. The van der Waals surface area contributed by atoms with Crippen LogP contribution in [0.4, 0.5) is 5.00 Å². The Bertz CT molecular complexity index is 1520. The van der Waals surface area contributed by atoms with Crippen LogP contribution in [0.5, 0.6) is 5.75 Å². The van der Waals surface area contributed by atoms with Gasteiger partial charge in [-0.1, -0.05) is 35.5 Å². The van der Waals surface area contributed by atoms with Gasteiger partial charge in [0.05, 0.1) is 19.0 Å². The Morgan fingerprint density at radius 1 is 1.07 bits per heavy atom. The predicted molar refractivity (Wildman–Crippen MR) is 159 cm³/mol. The molecule has 0 saturated heterocycles. The molecule has 0 bridgehead atoms. The van der Waals surface area contributed by atoms with E-state index < -0.39 is 5.97 Å². The fraction of sp³-hybridized carbons (Fsp3) is 0.333. The highest BCUT2D eigenvalue weighted by atomic mass is 32.2. The lowest BCUT2D eigenvalue weighted by Crippen LogP contribution is -2.16. The van der Waals surface area contributed by atoms with Gasteiger partial charge in [0.1, 0.15) is 16.3 Å². The third-order valence-electron chi connectivity index (χ3n) is 7.00. The molecule has 2 aromatic carbocycles. The number of benzene rings is 2. The van der Waals surface area contributed by atoms with Crippen molar-refractivity contribution in [2.45, 2.75) is 50.8 Å². The van der Waals surface area contributed by atoms with Crippen molar-refractivity contribution in [1.29, 1.82) is 0 Å². The minimum absolute atomic E-state index is 0.109. The molecule has 5 rings (SSSR count). The quantitative estimate of drug-likeness (QED) is 0.176. The number of nitrogens with zero attached hydrogens (tertiary/aromatic N) is 3. The summed E-state index contributed by atoms with van der Waals surface area (Å²) in [6, 6.07) is 14.0. The van der Waals surface area contributed by atoms with E-state index in [1.807, 2.05) is 73.3 Å². The van der Waals surface area contributed by atoms with Crippen LogP contribution in [0.25, 0.3) is 22.5 Å². The van der Waals surface area contributed by atoms with Crippen LogP contribution in [0, 0.1) is 13.8 Å². The first kappa shape index (κ1) is 27.9. The van der Waals surface area contributed by atoms with E-state index in [0.717, 1.165) is 46.4 Å². The topological polar surface area (TPSA) is 95.3 Å². The predicted octanol–water partition coefficient (Wildman–Crippen LogP) is 6.67. The van der Waals surface area contributed by atoms with Crippen molar-refractivity contribution in [3.63, 3.8) is 0 Å². The van der Waals surface area contributed by atoms with Crippen LogP contribution >= 0.6 is 23.1 Å². The van der Waals surface area contributed by atoms with Crippen molar-refractivity contribution < 1.29 is 19.1 Å². The number of aromatic nitrogens is 3. The molecule has 208 valence electrons. The first-order valence-corrected chi connectivity index (χ1v) is 15.1. The van der Waals surface area contributed by atoms with E-state index in [1.54, 1.807) is 0 Å². The van der Waals surface area contributed by atoms with Gasteiger partial charge in [-0.25, -0.2) is 4.79 Å². The first-order valence-electron chi connectivity index (χ1n) is 13.2. The fourth-order valence-electron chi connectivity index (χ4n) is 4.84. The minimum atomic E-state index is -0.488. The second-order valence-corrected chi connectivity index (χ2v) is 11.7. The molecule has 0 radical (unpaired) electrons. The summed E-state index contributed by atoms with van der Waals surface area (Å²) in [5.74, 6) is 0.946. The summed E-state index contributed by atoms with van der Waals surface area (Å²) in [5.41, 5.74) is 5.10. The summed E-state index contributed by atoms with van der Waals surface area (Å²) < 4.78 is 13.0. The molecule has 2 aromatic heterocycles. The number of methoxy groups -OCH3 is 1. The van der Waals surface area contributed by atoms with Gasteiger partial charge in [0.15, 0.2) is 11.0 Å². The number of carbonyl (C=O) groups excluding carboxylic acids is 2. The Morgan fingerprint density at radius 3 is 2.55 bits per heavy atom. The third-order valence-corrected chi connectivity index (χ3v) is 8.92. The molecule has 1 fully saturated rings. The molecule has 10 heteroatoms. The highest BCUT2D eigenvalue weighted by molar-refractivity contribution is 7.99. The highest BCUT2D eigenvalue weighted by Gasteiger charge is 2.24. The fourth-order valence-corrected chi connectivity index (χ4v) is 6.52. The van der Waals surface area contributed by atoms with Crippen molar-refractivity contribution >= 4 is 40.0 Å². The molecular weight excluding hydrogens is 544 g/mol. The maximum Gasteiger partial charge on any atom is 0.341 e. The van der Waals surface area contributed by atoms with E-state index in [0.29, 0.717) is 27.6 Å². The Balaban J connectivity index is 1.25. The molecule has 1 N–H and O–H groups in total. The normalized spacial score (nSPS) is 13.4. The van der Waals surface area contributed by atoms with Gasteiger partial charge in [0.2, 0.25) is 5.91 Å². The molecule has 8 nitrogen and oxygen atoms in total. The number of anilines is 1. The number of rotatable bonds is 9. The molecule has 1 saturated carbocycles. The van der Waals surface area contributed by atoms with Crippen LogP contribution in [-0.2, 0) is 16.6 Å². The number of nitrogens with one attached hydrogen (secondary N) is 1. The second kappa shape index (κ2) is 12.3. The van der Waals surface area contributed by atoms with Crippen LogP contribution in [-0.4, -0.2) is 45.6 Å². The second-order valence-electron chi connectivity index (χ2n) is 9.91. The van der Waals surface area contributed by atoms with Crippen LogP contribution < -0.4 is 10.1 Å². The molecule has 40 heavy (non-hydrogen) atoms. The number of hydrogen-bond acceptors (Lipinski definition) is 8. The minimum Gasteiger partial charge on any atom is -0.490 e. The standard InChI is InChI=1S/C30H32N4O4S2/c1-18-9-10-19(2)23(15-18)24-16-39-28(26(24)29(36)37-4)31-25(35)17-40-30-33-32-27(34(30)3)20-11-13-22(14-12-20)38-21-7-5-6-8-21/h9-16,21H,5-8,17H2,1-4H3,(H,31,35). The van der Waals surface area contributed by atoms with E-state index in [4.69, 9.17) is 9.47 Å². The van der Waals surface area contributed by atoms with Crippen molar-refractivity contribution in [3.05, 3.63) is 64.5 Å². The molecule has 4 aromatic rings. The zero-order valence-electron chi connectivity index (χ0n) is 23.0. The highest BCUT2D eigenvalue weighted by Crippen LogP contribution is 2.38. The number of ether oxygens (including phenoxy) is 2. The maximum absolute atomic E-state index is 12.9. The van der Waals surface area contributed by atoms with Crippen LogP contribution in [0.15, 0.2) is 53.0 Å². The van der Waals surface area contributed by atoms with Gasteiger partial charge in [-0.15, -0.1) is 21.5 Å². The number of aryl methyl sites for hydroxylation is 2. The van der Waals surface area contributed by atoms with Gasteiger partial charge in [-0.2, -0.15) is 0 Å².